The van der Waals surface area contributed by atoms with Crippen molar-refractivity contribution in [3.8, 4) is 0 Å². The Hall–Kier alpha value is -1.58. The third kappa shape index (κ3) is 3.57. The number of nitrogens with zero attached hydrogens (tertiary/aromatic N) is 1. The molecule has 4 heteroatoms. The fraction of sp³-hybridized carbons (Fsp3) is 0.360. The third-order valence-electron chi connectivity index (χ3n) is 6.77. The van der Waals surface area contributed by atoms with Gasteiger partial charge < -0.3 is 5.32 Å². The summed E-state index contributed by atoms with van der Waals surface area (Å²) in [5, 5.41) is 12.0. The van der Waals surface area contributed by atoms with E-state index >= 15 is 0 Å². The summed E-state index contributed by atoms with van der Waals surface area (Å²) in [5.41, 5.74) is 1.55. The third-order valence-corrected chi connectivity index (χ3v) is 6.77. The largest absolute Gasteiger partial charge is 0.314 e. The van der Waals surface area contributed by atoms with Crippen molar-refractivity contribution < 1.29 is 0 Å². The van der Waals surface area contributed by atoms with Gasteiger partial charge in [-0.3, -0.25) is 4.90 Å². The monoisotopic (exact) mass is 426 g/mol. The van der Waals surface area contributed by atoms with E-state index in [0.29, 0.717) is 6.04 Å². The molecule has 29 heavy (non-hydrogen) atoms. The summed E-state index contributed by atoms with van der Waals surface area (Å²) >= 11 is 0. The lowest BCUT2D eigenvalue weighted by atomic mass is 9.88. The smallest absolute Gasteiger partial charge is 0.0358 e. The summed E-state index contributed by atoms with van der Waals surface area (Å²) in [4.78, 5) is 2.74. The summed E-state index contributed by atoms with van der Waals surface area (Å²) in [7, 11) is 0. The molecule has 1 aliphatic heterocycles. The number of piperazine rings is 1. The van der Waals surface area contributed by atoms with Crippen molar-refractivity contribution in [2.24, 2.45) is 5.92 Å². The topological polar surface area (TPSA) is 15.3 Å². The Kier molecular flexibility index (Phi) is 5.90. The lowest BCUT2D eigenvalue weighted by molar-refractivity contribution is 0.161. The number of nitrogens with one attached hydrogen (secondary N) is 1. The van der Waals surface area contributed by atoms with Crippen molar-refractivity contribution in [1.29, 1.82) is 0 Å². The van der Waals surface area contributed by atoms with Crippen LogP contribution in [0.4, 0.5) is 0 Å². The zero-order chi connectivity index (χ0) is 17.8. The van der Waals surface area contributed by atoms with Gasteiger partial charge in [-0.1, -0.05) is 67.4 Å². The number of hydrogen-bond acceptors (Lipinski definition) is 2. The molecule has 0 bridgehead atoms. The van der Waals surface area contributed by atoms with Crippen LogP contribution in [0.2, 0.25) is 0 Å². The van der Waals surface area contributed by atoms with Crippen molar-refractivity contribution in [3.63, 3.8) is 0 Å². The van der Waals surface area contributed by atoms with Gasteiger partial charge in [0.1, 0.15) is 0 Å². The number of halogens is 2. The van der Waals surface area contributed by atoms with Gasteiger partial charge in [0.2, 0.25) is 0 Å². The maximum Gasteiger partial charge on any atom is 0.0358 e. The zero-order valence-electron chi connectivity index (χ0n) is 16.6. The maximum absolute atomic E-state index is 3.53. The van der Waals surface area contributed by atoms with Crippen molar-refractivity contribution in [2.75, 3.05) is 26.2 Å². The van der Waals surface area contributed by atoms with Gasteiger partial charge in [0.05, 0.1) is 0 Å². The molecule has 1 heterocycles. The van der Waals surface area contributed by atoms with Gasteiger partial charge in [0, 0.05) is 32.2 Å². The van der Waals surface area contributed by atoms with Crippen molar-refractivity contribution >= 4 is 57.1 Å². The highest BCUT2D eigenvalue weighted by Crippen LogP contribution is 2.44. The van der Waals surface area contributed by atoms with E-state index in [-0.39, 0.29) is 24.8 Å². The van der Waals surface area contributed by atoms with Crippen molar-refractivity contribution in [2.45, 2.75) is 25.3 Å². The number of benzene rings is 4. The van der Waals surface area contributed by atoms with E-state index in [9.17, 15) is 0 Å². The van der Waals surface area contributed by atoms with Crippen LogP contribution >= 0.6 is 24.8 Å². The molecule has 1 saturated carbocycles. The van der Waals surface area contributed by atoms with E-state index < -0.39 is 0 Å². The van der Waals surface area contributed by atoms with Gasteiger partial charge in [-0.05, 0) is 50.2 Å². The Labute approximate surface area is 184 Å². The highest BCUT2D eigenvalue weighted by molar-refractivity contribution is 6.23. The molecule has 0 radical (unpaired) electrons. The average Bonchev–Trinajstić information content (AvgIpc) is 3.55. The fourth-order valence-corrected chi connectivity index (χ4v) is 5.18. The summed E-state index contributed by atoms with van der Waals surface area (Å²) in [6.07, 6.45) is 4.17. The van der Waals surface area contributed by atoms with Crippen LogP contribution in [0.25, 0.3) is 32.3 Å². The molecule has 2 fully saturated rings. The first-order valence-corrected chi connectivity index (χ1v) is 10.5. The molecule has 152 valence electrons. The Balaban J connectivity index is 0.00000102. The lowest BCUT2D eigenvalue weighted by Crippen LogP contribution is -2.45. The summed E-state index contributed by atoms with van der Waals surface area (Å²) < 4.78 is 0. The molecule has 4 aromatic rings. The Bertz CT molecular complexity index is 1100. The molecule has 1 saturated heterocycles. The Morgan fingerprint density at radius 2 is 1.41 bits per heavy atom. The molecular weight excluding hydrogens is 399 g/mol. The quantitative estimate of drug-likeness (QED) is 0.392. The van der Waals surface area contributed by atoms with Crippen LogP contribution in [0.15, 0.2) is 54.6 Å². The number of hydrogen-bond donors (Lipinski definition) is 1. The SMILES string of the molecule is Cl.Cl.c1cc2ccc3ccc([C@H](CC4CC4)N4CCNCC4)c4ccc(c1)c2c34. The Morgan fingerprint density at radius 1 is 0.793 bits per heavy atom. The molecule has 2 aliphatic rings. The van der Waals surface area contributed by atoms with Crippen LogP contribution in [0, 0.1) is 5.92 Å². The minimum Gasteiger partial charge on any atom is -0.314 e. The van der Waals surface area contributed by atoms with E-state index in [1.807, 2.05) is 0 Å². The van der Waals surface area contributed by atoms with Crippen LogP contribution in [0.1, 0.15) is 30.9 Å². The predicted octanol–water partition coefficient (Wildman–Crippen LogP) is 6.17. The molecular formula is C25H28Cl2N2. The normalized spacial score (nSPS) is 18.6. The zero-order valence-corrected chi connectivity index (χ0v) is 18.2. The predicted molar refractivity (Wildman–Crippen MR) is 129 cm³/mol. The molecule has 4 aromatic carbocycles. The Morgan fingerprint density at radius 3 is 2.10 bits per heavy atom. The van der Waals surface area contributed by atoms with Gasteiger partial charge in [0.25, 0.3) is 0 Å². The van der Waals surface area contributed by atoms with Crippen LogP contribution < -0.4 is 5.32 Å². The van der Waals surface area contributed by atoms with Gasteiger partial charge in [-0.2, -0.15) is 0 Å². The molecule has 0 amide bonds. The molecule has 1 N–H and O–H groups in total. The van der Waals surface area contributed by atoms with Crippen LogP contribution in [-0.4, -0.2) is 31.1 Å². The lowest BCUT2D eigenvalue weighted by Gasteiger charge is -2.36. The molecule has 0 aromatic heterocycles. The molecule has 6 rings (SSSR count). The van der Waals surface area contributed by atoms with Gasteiger partial charge in [0.15, 0.2) is 0 Å². The van der Waals surface area contributed by atoms with Gasteiger partial charge in [-0.15, -0.1) is 24.8 Å². The van der Waals surface area contributed by atoms with Crippen LogP contribution in [-0.2, 0) is 0 Å². The highest BCUT2D eigenvalue weighted by Gasteiger charge is 2.31. The second-order valence-corrected chi connectivity index (χ2v) is 8.49. The first-order valence-electron chi connectivity index (χ1n) is 10.5. The minimum absolute atomic E-state index is 0. The molecule has 0 unspecified atom stereocenters. The maximum atomic E-state index is 3.53. The van der Waals surface area contributed by atoms with E-state index in [2.05, 4.69) is 64.8 Å². The second-order valence-electron chi connectivity index (χ2n) is 8.49. The first kappa shape index (κ1) is 20.7. The molecule has 1 atom stereocenters. The van der Waals surface area contributed by atoms with E-state index in [1.165, 1.54) is 64.7 Å². The van der Waals surface area contributed by atoms with Crippen LogP contribution in [0.5, 0.6) is 0 Å². The average molecular weight is 427 g/mol. The second kappa shape index (κ2) is 8.28. The van der Waals surface area contributed by atoms with Crippen molar-refractivity contribution in [3.05, 3.63) is 60.2 Å². The minimum atomic E-state index is 0. The van der Waals surface area contributed by atoms with E-state index in [1.54, 1.807) is 5.56 Å². The first-order chi connectivity index (χ1) is 13.4. The van der Waals surface area contributed by atoms with E-state index in [4.69, 9.17) is 0 Å². The summed E-state index contributed by atoms with van der Waals surface area (Å²) in [5.74, 6) is 0.934. The number of rotatable bonds is 4. The fourth-order valence-electron chi connectivity index (χ4n) is 5.18. The van der Waals surface area contributed by atoms with Gasteiger partial charge in [-0.25, -0.2) is 0 Å². The summed E-state index contributed by atoms with van der Waals surface area (Å²) in [6.45, 7) is 4.57. The molecule has 2 nitrogen and oxygen atoms in total. The molecule has 1 aliphatic carbocycles. The van der Waals surface area contributed by atoms with Gasteiger partial charge >= 0.3 is 0 Å². The van der Waals surface area contributed by atoms with Crippen molar-refractivity contribution in [1.82, 2.24) is 10.2 Å². The highest BCUT2D eigenvalue weighted by atomic mass is 35.5. The van der Waals surface area contributed by atoms with Crippen LogP contribution in [0.3, 0.4) is 0 Å². The van der Waals surface area contributed by atoms with E-state index in [0.717, 1.165) is 19.0 Å². The summed E-state index contributed by atoms with van der Waals surface area (Å²) in [6, 6.07) is 21.3. The molecule has 0 spiro atoms. The standard InChI is InChI=1S/C25H26N2.2ClH/c1-2-18-6-7-20-8-10-21(22-11-9-19(3-1)24(18)25(20)22)23(16-17-4-5-17)27-14-12-26-13-15-27;;/h1-3,6-11,17,23,26H,4-5,12-16H2;2*1H/t23-;;/m0../s1.